The number of carbonyl (C=O) groups excluding carboxylic acids is 3. The average molecular weight is 202 g/mol. The maximum absolute atomic E-state index is 11.5. The van der Waals surface area contributed by atoms with Crippen molar-refractivity contribution in [3.05, 3.63) is 28.8 Å². The van der Waals surface area contributed by atoms with Crippen molar-refractivity contribution < 1.29 is 14.4 Å². The van der Waals surface area contributed by atoms with Crippen LogP contribution in [0.1, 0.15) is 26.3 Å². The van der Waals surface area contributed by atoms with Gasteiger partial charge in [-0.3, -0.25) is 14.4 Å². The minimum Gasteiger partial charge on any atom is -0.348 e. The lowest BCUT2D eigenvalue weighted by Gasteiger charge is -2.01. The summed E-state index contributed by atoms with van der Waals surface area (Å²) in [5.41, 5.74) is 1.95. The van der Waals surface area contributed by atoms with Crippen molar-refractivity contribution in [3.63, 3.8) is 0 Å². The zero-order valence-corrected chi connectivity index (χ0v) is 7.59. The summed E-state index contributed by atoms with van der Waals surface area (Å²) in [7, 11) is 0. The summed E-state index contributed by atoms with van der Waals surface area (Å²) in [5, 5.41) is 5.08. The highest BCUT2D eigenvalue weighted by atomic mass is 16.2. The first-order valence-electron chi connectivity index (χ1n) is 4.48. The Morgan fingerprint density at radius 1 is 1.07 bits per heavy atom. The van der Waals surface area contributed by atoms with Gasteiger partial charge in [-0.2, -0.15) is 0 Å². The smallest absolute Gasteiger partial charge is 0.296 e. The van der Waals surface area contributed by atoms with Gasteiger partial charge >= 0.3 is 0 Å². The van der Waals surface area contributed by atoms with E-state index in [0.717, 1.165) is 0 Å². The Hall–Kier alpha value is -2.17. The standard InChI is InChI=1S/C10H6N2O3/c13-8-7-5-3-11-9(14)4(5)1-2-6(7)12-10(8)15/h1-2H,3H2,(H,11,14)(H,12,13,15). The number of rotatable bonds is 0. The van der Waals surface area contributed by atoms with Crippen LogP contribution in [0.4, 0.5) is 5.69 Å². The minimum atomic E-state index is -0.627. The predicted molar refractivity (Wildman–Crippen MR) is 50.6 cm³/mol. The van der Waals surface area contributed by atoms with Gasteiger partial charge in [0.2, 0.25) is 0 Å². The summed E-state index contributed by atoms with van der Waals surface area (Å²) in [6.07, 6.45) is 0. The van der Waals surface area contributed by atoms with Crippen LogP contribution in [0.25, 0.3) is 0 Å². The predicted octanol–water partition coefficient (Wildman–Crippen LogP) is 0.0648. The van der Waals surface area contributed by atoms with Gasteiger partial charge in [0, 0.05) is 12.1 Å². The molecule has 1 aromatic carbocycles. The van der Waals surface area contributed by atoms with Crippen LogP contribution in [0.2, 0.25) is 0 Å². The van der Waals surface area contributed by atoms with E-state index in [1.165, 1.54) is 0 Å². The monoisotopic (exact) mass is 202 g/mol. The molecule has 2 aliphatic rings. The van der Waals surface area contributed by atoms with Crippen LogP contribution in [0.3, 0.4) is 0 Å². The number of nitrogens with one attached hydrogen (secondary N) is 2. The van der Waals surface area contributed by atoms with Gasteiger partial charge in [-0.1, -0.05) is 0 Å². The molecule has 0 bridgehead atoms. The van der Waals surface area contributed by atoms with Crippen molar-refractivity contribution >= 4 is 23.3 Å². The number of hydrogen-bond acceptors (Lipinski definition) is 3. The molecule has 0 radical (unpaired) electrons. The maximum atomic E-state index is 11.5. The first kappa shape index (κ1) is 8.16. The number of benzene rings is 1. The number of amides is 2. The molecule has 0 saturated heterocycles. The van der Waals surface area contributed by atoms with Crippen molar-refractivity contribution in [1.82, 2.24) is 5.32 Å². The van der Waals surface area contributed by atoms with Crippen LogP contribution < -0.4 is 10.6 Å². The zero-order chi connectivity index (χ0) is 10.6. The van der Waals surface area contributed by atoms with E-state index in [1.54, 1.807) is 12.1 Å². The second kappa shape index (κ2) is 2.44. The van der Waals surface area contributed by atoms with E-state index in [4.69, 9.17) is 0 Å². The molecule has 0 fully saturated rings. The van der Waals surface area contributed by atoms with E-state index < -0.39 is 11.7 Å². The molecule has 5 heteroatoms. The third-order valence-corrected chi connectivity index (χ3v) is 2.66. The lowest BCUT2D eigenvalue weighted by molar-refractivity contribution is -0.112. The van der Waals surface area contributed by atoms with Crippen LogP contribution in [-0.2, 0) is 11.3 Å². The second-order valence-electron chi connectivity index (χ2n) is 3.48. The lowest BCUT2D eigenvalue weighted by atomic mass is 10.0. The summed E-state index contributed by atoms with van der Waals surface area (Å²) in [6, 6.07) is 3.21. The summed E-state index contributed by atoms with van der Waals surface area (Å²) in [4.78, 5) is 34.0. The fourth-order valence-corrected chi connectivity index (χ4v) is 1.96. The molecule has 0 unspecified atom stereocenters. The molecule has 0 atom stereocenters. The number of anilines is 1. The van der Waals surface area contributed by atoms with Crippen molar-refractivity contribution in [3.8, 4) is 0 Å². The second-order valence-corrected chi connectivity index (χ2v) is 3.48. The molecule has 0 aliphatic carbocycles. The molecule has 0 aromatic heterocycles. The molecule has 0 spiro atoms. The molecule has 2 heterocycles. The minimum absolute atomic E-state index is 0.194. The lowest BCUT2D eigenvalue weighted by Crippen LogP contribution is -2.14. The van der Waals surface area contributed by atoms with Gasteiger partial charge in [-0.05, 0) is 17.7 Å². The SMILES string of the molecule is O=C1Nc2ccc3c(c2C1=O)CNC3=O. The Balaban J connectivity index is 2.31. The summed E-state index contributed by atoms with van der Waals surface area (Å²) in [6.45, 7) is 0.317. The van der Waals surface area contributed by atoms with Gasteiger partial charge in [0.1, 0.15) is 0 Å². The first-order valence-corrected chi connectivity index (χ1v) is 4.48. The molecule has 15 heavy (non-hydrogen) atoms. The third kappa shape index (κ3) is 0.890. The van der Waals surface area contributed by atoms with Crippen molar-refractivity contribution in [1.29, 1.82) is 0 Å². The summed E-state index contributed by atoms with van der Waals surface area (Å²) < 4.78 is 0. The summed E-state index contributed by atoms with van der Waals surface area (Å²) in [5.74, 6) is -1.38. The fourth-order valence-electron chi connectivity index (χ4n) is 1.96. The normalized spacial score (nSPS) is 17.2. The van der Waals surface area contributed by atoms with Crippen LogP contribution >= 0.6 is 0 Å². The van der Waals surface area contributed by atoms with E-state index in [1.807, 2.05) is 0 Å². The highest BCUT2D eigenvalue weighted by Crippen LogP contribution is 2.31. The van der Waals surface area contributed by atoms with Gasteiger partial charge in [-0.25, -0.2) is 0 Å². The van der Waals surface area contributed by atoms with Crippen LogP contribution in [0.15, 0.2) is 12.1 Å². The Labute approximate surface area is 84.5 Å². The van der Waals surface area contributed by atoms with E-state index in [2.05, 4.69) is 10.6 Å². The number of hydrogen-bond donors (Lipinski definition) is 2. The van der Waals surface area contributed by atoms with Crippen LogP contribution in [-0.4, -0.2) is 17.6 Å². The highest BCUT2D eigenvalue weighted by molar-refractivity contribution is 6.52. The maximum Gasteiger partial charge on any atom is 0.296 e. The molecule has 2 aliphatic heterocycles. The van der Waals surface area contributed by atoms with Crippen LogP contribution in [0.5, 0.6) is 0 Å². The third-order valence-electron chi connectivity index (χ3n) is 2.66. The van der Waals surface area contributed by atoms with Crippen molar-refractivity contribution in [2.75, 3.05) is 5.32 Å². The van der Waals surface area contributed by atoms with E-state index in [-0.39, 0.29) is 5.91 Å². The van der Waals surface area contributed by atoms with Gasteiger partial charge in [0.05, 0.1) is 11.3 Å². The van der Waals surface area contributed by atoms with Crippen LogP contribution in [0, 0.1) is 0 Å². The van der Waals surface area contributed by atoms with E-state index in [9.17, 15) is 14.4 Å². The number of Topliss-reactive ketones (excluding diaryl/α,β-unsaturated/α-hetero) is 1. The molecule has 5 nitrogen and oxygen atoms in total. The largest absolute Gasteiger partial charge is 0.348 e. The van der Waals surface area contributed by atoms with E-state index in [0.29, 0.717) is 28.9 Å². The highest BCUT2D eigenvalue weighted by Gasteiger charge is 2.34. The van der Waals surface area contributed by atoms with Gasteiger partial charge in [-0.15, -0.1) is 0 Å². The summed E-state index contributed by atoms with van der Waals surface area (Å²) >= 11 is 0. The molecule has 2 N–H and O–H groups in total. The number of fused-ring (bicyclic) bond motifs is 3. The first-order chi connectivity index (χ1) is 7.18. The fraction of sp³-hybridized carbons (Fsp3) is 0.100. The van der Waals surface area contributed by atoms with Crippen molar-refractivity contribution in [2.45, 2.75) is 6.54 Å². The molecule has 74 valence electrons. The number of ketones is 1. The van der Waals surface area contributed by atoms with E-state index >= 15 is 0 Å². The Morgan fingerprint density at radius 2 is 1.87 bits per heavy atom. The quantitative estimate of drug-likeness (QED) is 0.584. The Morgan fingerprint density at radius 3 is 2.67 bits per heavy atom. The zero-order valence-electron chi connectivity index (χ0n) is 7.59. The van der Waals surface area contributed by atoms with Crippen molar-refractivity contribution in [2.24, 2.45) is 0 Å². The molecular formula is C10H6N2O3. The molecule has 1 aromatic rings. The topological polar surface area (TPSA) is 75.3 Å². The van der Waals surface area contributed by atoms with Gasteiger partial charge < -0.3 is 10.6 Å². The Kier molecular flexibility index (Phi) is 1.33. The number of carbonyl (C=O) groups is 3. The Bertz CT molecular complexity index is 534. The molecular weight excluding hydrogens is 196 g/mol. The molecule has 2 amide bonds. The van der Waals surface area contributed by atoms with Gasteiger partial charge in [0.15, 0.2) is 0 Å². The average Bonchev–Trinajstić information content (AvgIpc) is 2.71. The van der Waals surface area contributed by atoms with Gasteiger partial charge in [0.25, 0.3) is 17.6 Å². The molecule has 3 rings (SSSR count). The molecule has 0 saturated carbocycles.